The molecule has 5 rings (SSSR count). The lowest BCUT2D eigenvalue weighted by Crippen LogP contribution is -2.44. The lowest BCUT2D eigenvalue weighted by molar-refractivity contribution is -0.137. The highest BCUT2D eigenvalue weighted by Gasteiger charge is 2.34. The first-order valence-electron chi connectivity index (χ1n) is 10.4. The van der Waals surface area contributed by atoms with Gasteiger partial charge in [-0.3, -0.25) is 4.79 Å². The maximum Gasteiger partial charge on any atom is 0.416 e. The van der Waals surface area contributed by atoms with Crippen molar-refractivity contribution < 1.29 is 36.9 Å². The predicted octanol–water partition coefficient (Wildman–Crippen LogP) is 2.20. The van der Waals surface area contributed by atoms with E-state index in [2.05, 4.69) is 10.4 Å². The second kappa shape index (κ2) is 8.28. The zero-order valence-electron chi connectivity index (χ0n) is 17.1. The van der Waals surface area contributed by atoms with E-state index < -0.39 is 23.7 Å². The van der Waals surface area contributed by atoms with E-state index >= 15 is 0 Å². The highest BCUT2D eigenvalue weighted by molar-refractivity contribution is 5.92. The van der Waals surface area contributed by atoms with Crippen molar-refractivity contribution in [2.75, 3.05) is 26.4 Å². The van der Waals surface area contributed by atoms with Crippen molar-refractivity contribution >= 4 is 5.91 Å². The molecule has 4 heterocycles. The van der Waals surface area contributed by atoms with E-state index in [1.54, 1.807) is 10.7 Å². The number of carbonyl (C=O) groups excluding carboxylic acids is 1. The minimum absolute atomic E-state index is 0.161. The maximum atomic E-state index is 13.0. The summed E-state index contributed by atoms with van der Waals surface area (Å²) in [5, 5.41) is 7.10. The van der Waals surface area contributed by atoms with Gasteiger partial charge >= 0.3 is 6.18 Å². The highest BCUT2D eigenvalue weighted by atomic mass is 19.4. The van der Waals surface area contributed by atoms with E-state index in [0.717, 1.165) is 12.1 Å². The number of amides is 1. The van der Waals surface area contributed by atoms with Crippen LogP contribution in [-0.2, 0) is 28.6 Å². The molecule has 2 unspecified atom stereocenters. The molecule has 3 aliphatic heterocycles. The molecule has 3 atom stereocenters. The van der Waals surface area contributed by atoms with Gasteiger partial charge in [0.15, 0.2) is 5.69 Å². The number of aryl methyl sites for hydroxylation is 1. The summed E-state index contributed by atoms with van der Waals surface area (Å²) in [4.78, 5) is 12.7. The highest BCUT2D eigenvalue weighted by Crippen LogP contribution is 2.34. The number of nitrogens with one attached hydrogen (secondary N) is 1. The second-order valence-corrected chi connectivity index (χ2v) is 8.03. The molecular weight excluding hydrogens is 431 g/mol. The maximum absolute atomic E-state index is 13.0. The number of ether oxygens (including phenoxy) is 4. The largest absolute Gasteiger partial charge is 0.491 e. The van der Waals surface area contributed by atoms with Crippen LogP contribution in [0.15, 0.2) is 24.3 Å². The Bertz CT molecular complexity index is 1000. The predicted molar refractivity (Wildman–Crippen MR) is 104 cm³/mol. The molecule has 0 spiro atoms. The summed E-state index contributed by atoms with van der Waals surface area (Å²) in [7, 11) is 0. The van der Waals surface area contributed by atoms with Gasteiger partial charge in [0.2, 0.25) is 5.88 Å². The van der Waals surface area contributed by atoms with Gasteiger partial charge in [0, 0.05) is 19.0 Å². The number of halogens is 3. The first-order valence-corrected chi connectivity index (χ1v) is 10.4. The van der Waals surface area contributed by atoms with Crippen LogP contribution in [0.3, 0.4) is 0 Å². The van der Waals surface area contributed by atoms with Gasteiger partial charge in [-0.1, -0.05) is 0 Å². The molecule has 1 aromatic heterocycles. The summed E-state index contributed by atoms with van der Waals surface area (Å²) in [5.74, 6) is 0.434. The Morgan fingerprint density at radius 3 is 2.81 bits per heavy atom. The molecule has 1 saturated heterocycles. The third kappa shape index (κ3) is 4.26. The molecule has 0 saturated carbocycles. The van der Waals surface area contributed by atoms with Crippen LogP contribution in [0.5, 0.6) is 11.6 Å². The fraction of sp³-hybridized carbons (Fsp3) is 0.524. The Kier molecular flexibility index (Phi) is 5.46. The molecule has 1 amide bonds. The molecular formula is C21H22F3N3O5. The van der Waals surface area contributed by atoms with Crippen LogP contribution in [0.25, 0.3) is 0 Å². The van der Waals surface area contributed by atoms with Gasteiger partial charge in [0.1, 0.15) is 24.6 Å². The van der Waals surface area contributed by atoms with E-state index in [-0.39, 0.29) is 30.9 Å². The number of aromatic nitrogens is 2. The van der Waals surface area contributed by atoms with Crippen molar-refractivity contribution in [1.29, 1.82) is 0 Å². The zero-order chi connectivity index (χ0) is 22.3. The molecule has 0 aliphatic carbocycles. The normalized spacial score (nSPS) is 25.2. The number of fused-ring (bicyclic) bond motifs is 2. The van der Waals surface area contributed by atoms with Gasteiger partial charge in [0.05, 0.1) is 31.4 Å². The van der Waals surface area contributed by atoms with Crippen LogP contribution in [0.4, 0.5) is 13.2 Å². The van der Waals surface area contributed by atoms with E-state index in [9.17, 15) is 18.0 Å². The zero-order valence-corrected chi connectivity index (χ0v) is 17.1. The van der Waals surface area contributed by atoms with Gasteiger partial charge in [-0.25, -0.2) is 4.68 Å². The molecule has 172 valence electrons. The summed E-state index contributed by atoms with van der Waals surface area (Å²) in [6.07, 6.45) is -3.87. The SMILES string of the molecule is O=C(N[C@H]1COc2ccc(C(F)(F)F)cc2C1)c1cc2n(n1)CCC(C1COCCO1)O2. The summed E-state index contributed by atoms with van der Waals surface area (Å²) < 4.78 is 63.3. The summed E-state index contributed by atoms with van der Waals surface area (Å²) in [6, 6.07) is 4.46. The Balaban J connectivity index is 1.23. The topological polar surface area (TPSA) is 83.8 Å². The molecule has 3 aliphatic rings. The smallest absolute Gasteiger partial charge is 0.416 e. The van der Waals surface area contributed by atoms with Crippen LogP contribution in [0.1, 0.15) is 28.0 Å². The minimum atomic E-state index is -4.44. The molecule has 11 heteroatoms. The van der Waals surface area contributed by atoms with Crippen LogP contribution >= 0.6 is 0 Å². The Morgan fingerprint density at radius 2 is 2.03 bits per heavy atom. The quantitative estimate of drug-likeness (QED) is 0.768. The molecule has 1 aromatic carbocycles. The van der Waals surface area contributed by atoms with E-state index in [4.69, 9.17) is 18.9 Å². The van der Waals surface area contributed by atoms with Crippen LogP contribution in [0, 0.1) is 0 Å². The lowest BCUT2D eigenvalue weighted by atomic mass is 10.00. The fourth-order valence-electron chi connectivity index (χ4n) is 4.13. The number of alkyl halides is 3. The van der Waals surface area contributed by atoms with Crippen LogP contribution < -0.4 is 14.8 Å². The lowest BCUT2D eigenvalue weighted by Gasteiger charge is -2.33. The van der Waals surface area contributed by atoms with Gasteiger partial charge in [0.25, 0.3) is 5.91 Å². The number of hydrogen-bond donors (Lipinski definition) is 1. The number of benzene rings is 1. The average molecular weight is 453 g/mol. The monoisotopic (exact) mass is 453 g/mol. The van der Waals surface area contributed by atoms with Crippen molar-refractivity contribution in [2.45, 2.75) is 43.8 Å². The molecule has 8 nitrogen and oxygen atoms in total. The van der Waals surface area contributed by atoms with E-state index in [1.807, 2.05) is 0 Å². The third-order valence-corrected chi connectivity index (χ3v) is 5.76. The van der Waals surface area contributed by atoms with Crippen LogP contribution in [-0.4, -0.2) is 60.4 Å². The molecule has 0 radical (unpaired) electrons. The van der Waals surface area contributed by atoms with Gasteiger partial charge in [-0.2, -0.15) is 18.3 Å². The summed E-state index contributed by atoms with van der Waals surface area (Å²) in [6.45, 7) is 2.29. The van der Waals surface area contributed by atoms with Gasteiger partial charge < -0.3 is 24.3 Å². The molecule has 1 N–H and O–H groups in total. The van der Waals surface area contributed by atoms with E-state index in [1.165, 1.54) is 6.07 Å². The van der Waals surface area contributed by atoms with Crippen molar-refractivity contribution in [2.24, 2.45) is 0 Å². The first-order chi connectivity index (χ1) is 15.4. The number of rotatable bonds is 3. The van der Waals surface area contributed by atoms with Crippen LogP contribution in [0.2, 0.25) is 0 Å². The summed E-state index contributed by atoms with van der Waals surface area (Å²) in [5.41, 5.74) is -0.162. The minimum Gasteiger partial charge on any atom is -0.491 e. The van der Waals surface area contributed by atoms with Crippen molar-refractivity contribution in [3.05, 3.63) is 41.1 Å². The Labute approximate surface area is 181 Å². The Hall–Kier alpha value is -2.79. The fourth-order valence-corrected chi connectivity index (χ4v) is 4.13. The number of hydrogen-bond acceptors (Lipinski definition) is 6. The van der Waals surface area contributed by atoms with Crippen molar-refractivity contribution in [3.63, 3.8) is 0 Å². The summed E-state index contributed by atoms with van der Waals surface area (Å²) >= 11 is 0. The Morgan fingerprint density at radius 1 is 1.16 bits per heavy atom. The second-order valence-electron chi connectivity index (χ2n) is 8.03. The number of carbonyl (C=O) groups is 1. The van der Waals surface area contributed by atoms with Gasteiger partial charge in [-0.05, 0) is 30.2 Å². The first kappa shape index (κ1) is 21.1. The average Bonchev–Trinajstić information content (AvgIpc) is 3.22. The van der Waals surface area contributed by atoms with E-state index in [0.29, 0.717) is 50.0 Å². The molecule has 1 fully saturated rings. The molecule has 0 bridgehead atoms. The van der Waals surface area contributed by atoms with Crippen molar-refractivity contribution in [1.82, 2.24) is 15.1 Å². The molecule has 2 aromatic rings. The van der Waals surface area contributed by atoms with Gasteiger partial charge in [-0.15, -0.1) is 0 Å². The standard InChI is InChI=1S/C21H22F3N3O5/c22-21(23,24)13-1-2-16-12(7-13)8-14(10-31-16)25-20(28)15-9-19-27(26-15)4-3-17(32-19)18-11-29-5-6-30-18/h1-2,7,9,14,17-18H,3-6,8,10-11H2,(H,25,28)/t14-,17?,18?/m1/s1. The number of nitrogens with zero attached hydrogens (tertiary/aromatic N) is 2. The third-order valence-electron chi connectivity index (χ3n) is 5.76. The molecule has 32 heavy (non-hydrogen) atoms. The van der Waals surface area contributed by atoms with Crippen molar-refractivity contribution in [3.8, 4) is 11.6 Å².